The molecule has 0 aliphatic rings. The molecule has 0 saturated heterocycles. The molecule has 0 aliphatic carbocycles. The third-order valence-corrected chi connectivity index (χ3v) is 3.01. The van der Waals surface area contributed by atoms with Gasteiger partial charge in [0.1, 0.15) is 11.5 Å². The molecule has 0 radical (unpaired) electrons. The second-order valence-corrected chi connectivity index (χ2v) is 4.71. The Kier molecular flexibility index (Phi) is 3.90. The molecule has 0 fully saturated rings. The highest BCUT2D eigenvalue weighted by atomic mass is 35.5. The van der Waals surface area contributed by atoms with Crippen molar-refractivity contribution in [3.8, 4) is 11.5 Å². The smallest absolute Gasteiger partial charge is 0.146 e. The van der Waals surface area contributed by atoms with Gasteiger partial charge in [-0.05, 0) is 37.6 Å². The monoisotopic (exact) mass is 262 g/mol. The predicted molar refractivity (Wildman–Crippen MR) is 73.4 cm³/mol. The van der Waals surface area contributed by atoms with Gasteiger partial charge in [-0.3, -0.25) is 0 Å². The lowest BCUT2D eigenvalue weighted by Crippen LogP contribution is -1.93. The van der Waals surface area contributed by atoms with E-state index < -0.39 is 0 Å². The van der Waals surface area contributed by atoms with Crippen molar-refractivity contribution in [2.45, 2.75) is 20.5 Å². The minimum atomic E-state index is -0.0551. The number of aliphatic hydroxyl groups is 1. The van der Waals surface area contributed by atoms with Crippen molar-refractivity contribution in [1.29, 1.82) is 0 Å². The molecule has 0 saturated carbocycles. The molecule has 3 heteroatoms. The fourth-order valence-corrected chi connectivity index (χ4v) is 1.89. The van der Waals surface area contributed by atoms with E-state index in [1.54, 1.807) is 6.07 Å². The van der Waals surface area contributed by atoms with E-state index in [1.165, 1.54) is 0 Å². The molecule has 94 valence electrons. The van der Waals surface area contributed by atoms with E-state index in [4.69, 9.17) is 16.3 Å². The molecular formula is C15H15ClO2. The number of rotatable bonds is 3. The topological polar surface area (TPSA) is 29.5 Å². The maximum absolute atomic E-state index is 9.33. The van der Waals surface area contributed by atoms with Crippen LogP contribution in [0.25, 0.3) is 0 Å². The third-order valence-electron chi connectivity index (χ3n) is 2.69. The molecule has 0 amide bonds. The van der Waals surface area contributed by atoms with Gasteiger partial charge in [-0.15, -0.1) is 0 Å². The van der Waals surface area contributed by atoms with Crippen molar-refractivity contribution in [2.75, 3.05) is 0 Å². The fourth-order valence-electron chi connectivity index (χ4n) is 1.74. The van der Waals surface area contributed by atoms with Gasteiger partial charge in [-0.2, -0.15) is 0 Å². The first-order valence-electron chi connectivity index (χ1n) is 5.74. The fraction of sp³-hybridized carbons (Fsp3) is 0.200. The van der Waals surface area contributed by atoms with Crippen LogP contribution < -0.4 is 4.74 Å². The van der Waals surface area contributed by atoms with Crippen LogP contribution in [0.1, 0.15) is 16.7 Å². The van der Waals surface area contributed by atoms with Crippen LogP contribution in [-0.2, 0) is 6.61 Å². The molecule has 0 unspecified atom stereocenters. The molecule has 2 rings (SSSR count). The number of hydrogen-bond donors (Lipinski definition) is 1. The molecule has 0 spiro atoms. The Balaban J connectivity index is 2.36. The van der Waals surface area contributed by atoms with Gasteiger partial charge in [-0.25, -0.2) is 0 Å². The largest absolute Gasteiger partial charge is 0.455 e. The van der Waals surface area contributed by atoms with Gasteiger partial charge >= 0.3 is 0 Å². The Morgan fingerprint density at radius 1 is 1.00 bits per heavy atom. The highest BCUT2D eigenvalue weighted by molar-refractivity contribution is 6.32. The average Bonchev–Trinajstić information content (AvgIpc) is 2.36. The van der Waals surface area contributed by atoms with Crippen LogP contribution in [0.3, 0.4) is 0 Å². The van der Waals surface area contributed by atoms with Crippen molar-refractivity contribution in [3.05, 3.63) is 58.1 Å². The Bertz CT molecular complexity index is 564. The van der Waals surface area contributed by atoms with Gasteiger partial charge in [0.15, 0.2) is 0 Å². The lowest BCUT2D eigenvalue weighted by Gasteiger charge is -2.12. The summed E-state index contributed by atoms with van der Waals surface area (Å²) in [6.45, 7) is 3.90. The first-order chi connectivity index (χ1) is 8.60. The van der Waals surface area contributed by atoms with Gasteiger partial charge in [0.2, 0.25) is 0 Å². The van der Waals surface area contributed by atoms with Crippen LogP contribution in [0.4, 0.5) is 0 Å². The SMILES string of the molecule is Cc1ccc(Oc2cc(C)ccc2Cl)c(CO)c1. The van der Waals surface area contributed by atoms with Gasteiger partial charge < -0.3 is 9.84 Å². The van der Waals surface area contributed by atoms with Gasteiger partial charge in [0, 0.05) is 5.56 Å². The molecule has 2 aromatic rings. The Morgan fingerprint density at radius 2 is 1.67 bits per heavy atom. The van der Waals surface area contributed by atoms with Crippen LogP contribution in [0.15, 0.2) is 36.4 Å². The van der Waals surface area contributed by atoms with Crippen molar-refractivity contribution in [1.82, 2.24) is 0 Å². The van der Waals surface area contributed by atoms with E-state index in [0.29, 0.717) is 16.5 Å². The van der Waals surface area contributed by atoms with E-state index in [2.05, 4.69) is 0 Å². The van der Waals surface area contributed by atoms with Crippen molar-refractivity contribution >= 4 is 11.6 Å². The van der Waals surface area contributed by atoms with Gasteiger partial charge in [0.05, 0.1) is 11.6 Å². The van der Waals surface area contributed by atoms with E-state index in [1.807, 2.05) is 44.2 Å². The minimum absolute atomic E-state index is 0.0551. The number of aliphatic hydroxyl groups excluding tert-OH is 1. The maximum atomic E-state index is 9.33. The Hall–Kier alpha value is -1.51. The molecule has 0 aromatic heterocycles. The van der Waals surface area contributed by atoms with Gasteiger partial charge in [-0.1, -0.05) is 35.4 Å². The second kappa shape index (κ2) is 5.42. The summed E-state index contributed by atoms with van der Waals surface area (Å²) in [6, 6.07) is 11.3. The lowest BCUT2D eigenvalue weighted by atomic mass is 10.1. The summed E-state index contributed by atoms with van der Waals surface area (Å²) in [5, 5.41) is 9.89. The van der Waals surface area contributed by atoms with Crippen LogP contribution in [-0.4, -0.2) is 5.11 Å². The molecule has 1 N–H and O–H groups in total. The van der Waals surface area contributed by atoms with Crippen molar-refractivity contribution in [2.24, 2.45) is 0 Å². The first kappa shape index (κ1) is 12.9. The molecule has 0 aliphatic heterocycles. The van der Waals surface area contributed by atoms with Crippen LogP contribution in [0, 0.1) is 13.8 Å². The summed E-state index contributed by atoms with van der Waals surface area (Å²) in [5.41, 5.74) is 2.92. The quantitative estimate of drug-likeness (QED) is 0.896. The molecule has 0 heterocycles. The van der Waals surface area contributed by atoms with E-state index >= 15 is 0 Å². The number of hydrogen-bond acceptors (Lipinski definition) is 2. The maximum Gasteiger partial charge on any atom is 0.146 e. The zero-order valence-corrected chi connectivity index (χ0v) is 11.2. The zero-order valence-electron chi connectivity index (χ0n) is 10.4. The third kappa shape index (κ3) is 2.84. The van der Waals surface area contributed by atoms with E-state index in [9.17, 15) is 5.11 Å². The number of aryl methyl sites for hydroxylation is 2. The van der Waals surface area contributed by atoms with Gasteiger partial charge in [0.25, 0.3) is 0 Å². The number of ether oxygens (including phenoxy) is 1. The Morgan fingerprint density at radius 3 is 2.39 bits per heavy atom. The highest BCUT2D eigenvalue weighted by Gasteiger charge is 2.07. The van der Waals surface area contributed by atoms with Crippen molar-refractivity contribution < 1.29 is 9.84 Å². The number of benzene rings is 2. The summed E-state index contributed by atoms with van der Waals surface area (Å²) in [4.78, 5) is 0. The number of halogens is 1. The normalized spacial score (nSPS) is 10.4. The molecule has 2 nitrogen and oxygen atoms in total. The predicted octanol–water partition coefficient (Wildman–Crippen LogP) is 4.24. The summed E-state index contributed by atoms with van der Waals surface area (Å²) < 4.78 is 5.78. The van der Waals surface area contributed by atoms with E-state index in [-0.39, 0.29) is 6.61 Å². The lowest BCUT2D eigenvalue weighted by molar-refractivity contribution is 0.276. The molecule has 18 heavy (non-hydrogen) atoms. The first-order valence-corrected chi connectivity index (χ1v) is 6.12. The Labute approximate surface area is 112 Å². The van der Waals surface area contributed by atoms with Crippen LogP contribution >= 0.6 is 11.6 Å². The second-order valence-electron chi connectivity index (χ2n) is 4.31. The molecular weight excluding hydrogens is 248 g/mol. The molecule has 0 atom stereocenters. The summed E-state index contributed by atoms with van der Waals surface area (Å²) in [6.07, 6.45) is 0. The van der Waals surface area contributed by atoms with E-state index in [0.717, 1.165) is 16.7 Å². The minimum Gasteiger partial charge on any atom is -0.455 e. The molecule has 0 bridgehead atoms. The standard InChI is InChI=1S/C15H15ClO2/c1-10-4-6-14(12(7-10)9-17)18-15-8-11(2)3-5-13(15)16/h3-8,17H,9H2,1-2H3. The molecule has 2 aromatic carbocycles. The summed E-state index contributed by atoms with van der Waals surface area (Å²) in [5.74, 6) is 1.24. The summed E-state index contributed by atoms with van der Waals surface area (Å²) >= 11 is 6.09. The average molecular weight is 263 g/mol. The zero-order chi connectivity index (χ0) is 13.1. The summed E-state index contributed by atoms with van der Waals surface area (Å²) in [7, 11) is 0. The van der Waals surface area contributed by atoms with Crippen LogP contribution in [0.2, 0.25) is 5.02 Å². The highest BCUT2D eigenvalue weighted by Crippen LogP contribution is 2.32. The van der Waals surface area contributed by atoms with Crippen molar-refractivity contribution in [3.63, 3.8) is 0 Å². The van der Waals surface area contributed by atoms with Crippen LogP contribution in [0.5, 0.6) is 11.5 Å².